The van der Waals surface area contributed by atoms with Gasteiger partial charge in [0.05, 0.1) is 22.6 Å². The minimum absolute atomic E-state index is 0.173. The number of aryl methyl sites for hydroxylation is 1. The minimum Gasteiger partial charge on any atom is -0.478 e. The summed E-state index contributed by atoms with van der Waals surface area (Å²) in [6.45, 7) is 1.99. The first-order chi connectivity index (χ1) is 8.99. The molecular formula is C14H13BrN2O2. The van der Waals surface area contributed by atoms with Crippen LogP contribution in [0.4, 0.5) is 17.1 Å². The number of carboxylic acids is 1. The van der Waals surface area contributed by atoms with Gasteiger partial charge in [-0.15, -0.1) is 0 Å². The van der Waals surface area contributed by atoms with Gasteiger partial charge < -0.3 is 16.2 Å². The third-order valence-electron chi connectivity index (χ3n) is 2.76. The van der Waals surface area contributed by atoms with Gasteiger partial charge in [0.1, 0.15) is 0 Å². The van der Waals surface area contributed by atoms with Crippen LogP contribution >= 0.6 is 15.9 Å². The number of nitrogens with one attached hydrogen (secondary N) is 1. The molecule has 0 aliphatic rings. The zero-order valence-corrected chi connectivity index (χ0v) is 11.9. The second kappa shape index (κ2) is 5.32. The van der Waals surface area contributed by atoms with E-state index in [-0.39, 0.29) is 5.56 Å². The number of rotatable bonds is 3. The molecule has 5 heteroatoms. The lowest BCUT2D eigenvalue weighted by Gasteiger charge is -2.12. The molecule has 98 valence electrons. The van der Waals surface area contributed by atoms with Gasteiger partial charge in [-0.3, -0.25) is 0 Å². The van der Waals surface area contributed by atoms with E-state index in [1.54, 1.807) is 6.07 Å². The summed E-state index contributed by atoms with van der Waals surface area (Å²) in [5.74, 6) is -0.991. The van der Waals surface area contributed by atoms with Gasteiger partial charge in [-0.05, 0) is 52.7 Å². The van der Waals surface area contributed by atoms with E-state index in [1.807, 2.05) is 25.1 Å². The summed E-state index contributed by atoms with van der Waals surface area (Å²) in [7, 11) is 0. The van der Waals surface area contributed by atoms with Crippen LogP contribution in [0.25, 0.3) is 0 Å². The normalized spacial score (nSPS) is 10.2. The van der Waals surface area contributed by atoms with Gasteiger partial charge in [-0.2, -0.15) is 0 Å². The van der Waals surface area contributed by atoms with Crippen molar-refractivity contribution in [3.63, 3.8) is 0 Å². The molecule has 0 atom stereocenters. The first kappa shape index (κ1) is 13.4. The van der Waals surface area contributed by atoms with Crippen molar-refractivity contribution in [1.29, 1.82) is 0 Å². The lowest BCUT2D eigenvalue weighted by Crippen LogP contribution is -2.01. The Morgan fingerprint density at radius 2 is 2.00 bits per heavy atom. The summed E-state index contributed by atoms with van der Waals surface area (Å²) in [6, 6.07) is 10.5. The fourth-order valence-electron chi connectivity index (χ4n) is 1.70. The predicted molar refractivity (Wildman–Crippen MR) is 80.0 cm³/mol. The second-order valence-corrected chi connectivity index (χ2v) is 4.96. The zero-order valence-electron chi connectivity index (χ0n) is 10.3. The standard InChI is InChI=1S/C14H13BrN2O2/c1-8-3-2-4-12(13(8)15)17-11-6-5-9(14(18)19)7-10(11)16/h2-7,17H,16H2,1H3,(H,18,19). The van der Waals surface area contributed by atoms with E-state index in [9.17, 15) is 4.79 Å². The first-order valence-electron chi connectivity index (χ1n) is 5.64. The Bertz CT molecular complexity index is 641. The molecule has 2 aromatic rings. The van der Waals surface area contributed by atoms with Crippen molar-refractivity contribution in [3.05, 3.63) is 52.0 Å². The number of carboxylic acid groups (broad SMARTS) is 1. The second-order valence-electron chi connectivity index (χ2n) is 4.17. The Morgan fingerprint density at radius 1 is 1.26 bits per heavy atom. The molecule has 2 rings (SSSR count). The molecule has 0 amide bonds. The molecule has 0 fully saturated rings. The molecule has 0 aromatic heterocycles. The number of aromatic carboxylic acids is 1. The van der Waals surface area contributed by atoms with Crippen LogP contribution in [-0.2, 0) is 0 Å². The highest BCUT2D eigenvalue weighted by atomic mass is 79.9. The van der Waals surface area contributed by atoms with Crippen molar-refractivity contribution in [2.75, 3.05) is 11.1 Å². The van der Waals surface area contributed by atoms with E-state index >= 15 is 0 Å². The largest absolute Gasteiger partial charge is 0.478 e. The van der Waals surface area contributed by atoms with E-state index in [0.717, 1.165) is 15.7 Å². The van der Waals surface area contributed by atoms with Crippen molar-refractivity contribution in [2.45, 2.75) is 6.92 Å². The molecule has 0 saturated carbocycles. The zero-order chi connectivity index (χ0) is 14.0. The van der Waals surface area contributed by atoms with Crippen LogP contribution in [0.1, 0.15) is 15.9 Å². The van der Waals surface area contributed by atoms with E-state index in [2.05, 4.69) is 21.2 Å². The van der Waals surface area contributed by atoms with Crippen molar-refractivity contribution >= 4 is 39.0 Å². The van der Waals surface area contributed by atoms with Crippen molar-refractivity contribution in [2.24, 2.45) is 0 Å². The Morgan fingerprint density at radius 3 is 2.63 bits per heavy atom. The predicted octanol–water partition coefficient (Wildman–Crippen LogP) is 3.78. The van der Waals surface area contributed by atoms with Crippen LogP contribution < -0.4 is 11.1 Å². The van der Waals surface area contributed by atoms with E-state index < -0.39 is 5.97 Å². The summed E-state index contributed by atoms with van der Waals surface area (Å²) in [4.78, 5) is 10.8. The number of nitrogens with two attached hydrogens (primary N) is 1. The molecule has 0 aliphatic carbocycles. The average molecular weight is 321 g/mol. The van der Waals surface area contributed by atoms with Crippen LogP contribution in [-0.4, -0.2) is 11.1 Å². The third kappa shape index (κ3) is 2.88. The number of carbonyl (C=O) groups is 1. The highest BCUT2D eigenvalue weighted by Crippen LogP contribution is 2.31. The van der Waals surface area contributed by atoms with E-state index in [1.165, 1.54) is 12.1 Å². The van der Waals surface area contributed by atoms with Gasteiger partial charge in [-0.1, -0.05) is 12.1 Å². The molecule has 4 nitrogen and oxygen atoms in total. The van der Waals surface area contributed by atoms with E-state index in [0.29, 0.717) is 11.4 Å². The van der Waals surface area contributed by atoms with Crippen LogP contribution in [0, 0.1) is 6.92 Å². The van der Waals surface area contributed by atoms with Crippen molar-refractivity contribution in [3.8, 4) is 0 Å². The number of hydrogen-bond donors (Lipinski definition) is 3. The number of nitrogen functional groups attached to an aromatic ring is 1. The lowest BCUT2D eigenvalue weighted by molar-refractivity contribution is 0.0697. The summed E-state index contributed by atoms with van der Waals surface area (Å²) in [5, 5.41) is 12.1. The molecule has 0 spiro atoms. The summed E-state index contributed by atoms with van der Waals surface area (Å²) < 4.78 is 0.955. The highest BCUT2D eigenvalue weighted by molar-refractivity contribution is 9.10. The molecule has 19 heavy (non-hydrogen) atoms. The number of anilines is 3. The van der Waals surface area contributed by atoms with Gasteiger partial charge in [-0.25, -0.2) is 4.79 Å². The smallest absolute Gasteiger partial charge is 0.335 e. The maximum Gasteiger partial charge on any atom is 0.335 e. The molecule has 4 N–H and O–H groups in total. The van der Waals surface area contributed by atoms with Crippen molar-refractivity contribution in [1.82, 2.24) is 0 Å². The molecule has 0 saturated heterocycles. The number of hydrogen-bond acceptors (Lipinski definition) is 3. The Kier molecular flexibility index (Phi) is 3.76. The maximum atomic E-state index is 10.8. The quantitative estimate of drug-likeness (QED) is 0.752. The first-order valence-corrected chi connectivity index (χ1v) is 6.43. The monoisotopic (exact) mass is 320 g/mol. The highest BCUT2D eigenvalue weighted by Gasteiger charge is 2.08. The van der Waals surface area contributed by atoms with Gasteiger partial charge >= 0.3 is 5.97 Å². The molecule has 2 aromatic carbocycles. The fourth-order valence-corrected chi connectivity index (χ4v) is 2.06. The molecule has 0 radical (unpaired) electrons. The van der Waals surface area contributed by atoms with Gasteiger partial charge in [0.15, 0.2) is 0 Å². The minimum atomic E-state index is -0.991. The molecule has 0 unspecified atom stereocenters. The topological polar surface area (TPSA) is 75.3 Å². The summed E-state index contributed by atoms with van der Waals surface area (Å²) in [5.41, 5.74) is 9.09. The Labute approximate surface area is 119 Å². The number of benzene rings is 2. The number of halogens is 1. The lowest BCUT2D eigenvalue weighted by atomic mass is 10.1. The summed E-state index contributed by atoms with van der Waals surface area (Å²) in [6.07, 6.45) is 0. The molecular weight excluding hydrogens is 308 g/mol. The molecule has 0 aliphatic heterocycles. The summed E-state index contributed by atoms with van der Waals surface area (Å²) >= 11 is 3.50. The van der Waals surface area contributed by atoms with Crippen LogP contribution in [0.5, 0.6) is 0 Å². The van der Waals surface area contributed by atoms with Crippen LogP contribution in [0.2, 0.25) is 0 Å². The van der Waals surface area contributed by atoms with E-state index in [4.69, 9.17) is 10.8 Å². The molecule has 0 heterocycles. The van der Waals surface area contributed by atoms with Gasteiger partial charge in [0, 0.05) is 4.47 Å². The maximum absolute atomic E-state index is 10.8. The van der Waals surface area contributed by atoms with Gasteiger partial charge in [0.25, 0.3) is 0 Å². The fraction of sp³-hybridized carbons (Fsp3) is 0.0714. The van der Waals surface area contributed by atoms with Crippen molar-refractivity contribution < 1.29 is 9.90 Å². The SMILES string of the molecule is Cc1cccc(Nc2ccc(C(=O)O)cc2N)c1Br. The molecule has 0 bridgehead atoms. The third-order valence-corrected chi connectivity index (χ3v) is 3.81. The average Bonchev–Trinajstić information content (AvgIpc) is 2.37. The van der Waals surface area contributed by atoms with Gasteiger partial charge in [0.2, 0.25) is 0 Å². The van der Waals surface area contributed by atoms with Crippen LogP contribution in [0.3, 0.4) is 0 Å². The Hall–Kier alpha value is -2.01. The van der Waals surface area contributed by atoms with Crippen LogP contribution in [0.15, 0.2) is 40.9 Å². The Balaban J connectivity index is 2.34.